The first kappa shape index (κ1) is 33.0. The van der Waals surface area contributed by atoms with E-state index < -0.39 is 52.5 Å². The Kier molecular flexibility index (Phi) is 11.6. The van der Waals surface area contributed by atoms with Gasteiger partial charge in [-0.1, -0.05) is 12.1 Å². The molecule has 2 saturated heterocycles. The van der Waals surface area contributed by atoms with Gasteiger partial charge in [-0.05, 0) is 48.0 Å². The Morgan fingerprint density at radius 1 is 1.07 bits per heavy atom. The molecule has 3 atom stereocenters. The fraction of sp³-hybridized carbons (Fsp3) is 0.833. The first-order valence-electron chi connectivity index (χ1n) is 13.3. The number of carbonyl (C=O) groups excluding carboxylic acids is 2. The lowest BCUT2D eigenvalue weighted by Gasteiger charge is -2.26. The number of carbonyl (C=O) groups is 2. The molecule has 0 radical (unpaired) electrons. The van der Waals surface area contributed by atoms with E-state index >= 15 is 0 Å². The Balaban J connectivity index is 1.66. The monoisotopic (exact) mass is 608 g/mol. The van der Waals surface area contributed by atoms with E-state index in [2.05, 4.69) is 21.9 Å². The van der Waals surface area contributed by atoms with Crippen molar-refractivity contribution in [2.75, 3.05) is 39.9 Å². The van der Waals surface area contributed by atoms with Crippen molar-refractivity contribution in [3.63, 3.8) is 0 Å². The van der Waals surface area contributed by atoms with Gasteiger partial charge in [0.25, 0.3) is 8.53 Å². The first-order valence-corrected chi connectivity index (χ1v) is 16.0. The largest absolute Gasteiger partial charge is 0.438 e. The van der Waals surface area contributed by atoms with Crippen LogP contribution in [0.25, 0.3) is 0 Å². The van der Waals surface area contributed by atoms with Crippen molar-refractivity contribution in [3.05, 3.63) is 6.20 Å². The van der Waals surface area contributed by atoms with Gasteiger partial charge in [-0.3, -0.25) is 23.2 Å². The van der Waals surface area contributed by atoms with E-state index in [9.17, 15) is 14.2 Å². The second kappa shape index (κ2) is 14.1. The van der Waals surface area contributed by atoms with Crippen molar-refractivity contribution < 1.29 is 46.5 Å². The fourth-order valence-electron chi connectivity index (χ4n) is 3.56. The number of esters is 2. The summed E-state index contributed by atoms with van der Waals surface area (Å²) < 4.78 is 56.3. The summed E-state index contributed by atoms with van der Waals surface area (Å²) in [5.74, 6) is -1.12. The molecule has 14 nitrogen and oxygen atoms in total. The van der Waals surface area contributed by atoms with Gasteiger partial charge in [0.05, 0.1) is 36.3 Å². The predicted octanol–water partition coefficient (Wildman–Crippen LogP) is 3.37. The van der Waals surface area contributed by atoms with Crippen LogP contribution in [0, 0.1) is 10.8 Å². The number of nitrogens with zero attached hydrogens (tertiary/aromatic N) is 4. The lowest BCUT2D eigenvalue weighted by molar-refractivity contribution is -0.161. The van der Waals surface area contributed by atoms with E-state index in [0.717, 1.165) is 19.5 Å². The Bertz CT molecular complexity index is 1010. The number of rotatable bonds is 13. The van der Waals surface area contributed by atoms with Gasteiger partial charge in [-0.15, -0.1) is 5.10 Å². The molecule has 1 aromatic rings. The molecule has 0 amide bonds. The van der Waals surface area contributed by atoms with E-state index in [-0.39, 0.29) is 24.2 Å². The summed E-state index contributed by atoms with van der Waals surface area (Å²) in [6.07, 6.45) is 2.58. The molecule has 228 valence electrons. The quantitative estimate of drug-likeness (QED) is 0.183. The maximum Gasteiger partial charge on any atom is 0.388 e. The molecule has 3 heterocycles. The van der Waals surface area contributed by atoms with Crippen LogP contribution in [-0.4, -0.2) is 83.7 Å². The Labute approximate surface area is 236 Å². The van der Waals surface area contributed by atoms with Crippen molar-refractivity contribution in [1.29, 1.82) is 0 Å². The Hall–Kier alpha value is -1.50. The third-order valence-electron chi connectivity index (χ3n) is 5.86. The lowest BCUT2D eigenvalue weighted by atomic mass is 9.98. The minimum Gasteiger partial charge on any atom is -0.438 e. The third kappa shape index (κ3) is 9.25. The predicted molar refractivity (Wildman–Crippen MR) is 144 cm³/mol. The highest BCUT2D eigenvalue weighted by atomic mass is 31.2. The molecule has 2 aliphatic heterocycles. The maximum atomic E-state index is 13.7. The van der Waals surface area contributed by atoms with Gasteiger partial charge in [0.15, 0.2) is 5.44 Å². The molecule has 2 aliphatic rings. The molecule has 16 heteroatoms. The zero-order valence-electron chi connectivity index (χ0n) is 24.4. The van der Waals surface area contributed by atoms with Crippen LogP contribution in [-0.2, 0) is 53.0 Å². The van der Waals surface area contributed by atoms with Crippen LogP contribution in [0.4, 0.5) is 0 Å². The smallest absolute Gasteiger partial charge is 0.388 e. The minimum absolute atomic E-state index is 0.140. The van der Waals surface area contributed by atoms with Gasteiger partial charge in [0, 0.05) is 26.1 Å². The SMILES string of the molecule is CCCN1CCOP1OC1CCOC1Cn1cc(P(=O)(OCOC(=O)C(C)(C)C)OCOC(=O)C(C)(C)C)nn1. The zero-order chi connectivity index (χ0) is 29.6. The topological polar surface area (TPSA) is 150 Å². The molecule has 0 aliphatic carbocycles. The summed E-state index contributed by atoms with van der Waals surface area (Å²) in [5.41, 5.74) is -1.73. The van der Waals surface area contributed by atoms with Crippen molar-refractivity contribution in [2.24, 2.45) is 10.8 Å². The normalized spacial score (nSPS) is 22.5. The lowest BCUT2D eigenvalue weighted by Crippen LogP contribution is -2.30. The van der Waals surface area contributed by atoms with Gasteiger partial charge in [-0.2, -0.15) is 0 Å². The molecule has 0 saturated carbocycles. The van der Waals surface area contributed by atoms with E-state index in [4.69, 9.17) is 32.3 Å². The average Bonchev–Trinajstić information content (AvgIpc) is 3.61. The van der Waals surface area contributed by atoms with Gasteiger partial charge < -0.3 is 23.3 Å². The zero-order valence-corrected chi connectivity index (χ0v) is 26.2. The fourth-order valence-corrected chi connectivity index (χ4v) is 6.38. The van der Waals surface area contributed by atoms with Crippen molar-refractivity contribution in [3.8, 4) is 0 Å². The molecule has 1 aromatic heterocycles. The van der Waals surface area contributed by atoms with Crippen molar-refractivity contribution >= 4 is 33.5 Å². The molecule has 0 aromatic carbocycles. The molecule has 3 rings (SSSR count). The first-order chi connectivity index (χ1) is 18.7. The highest BCUT2D eigenvalue weighted by Crippen LogP contribution is 2.49. The minimum atomic E-state index is -4.21. The van der Waals surface area contributed by atoms with Crippen LogP contribution in [0.5, 0.6) is 0 Å². The van der Waals surface area contributed by atoms with E-state index in [1.807, 2.05) is 0 Å². The highest BCUT2D eigenvalue weighted by molar-refractivity contribution is 7.61. The Morgan fingerprint density at radius 3 is 2.27 bits per heavy atom. The van der Waals surface area contributed by atoms with Gasteiger partial charge >= 0.3 is 19.5 Å². The van der Waals surface area contributed by atoms with E-state index in [0.29, 0.717) is 19.6 Å². The second-order valence-corrected chi connectivity index (χ2v) is 15.0. The summed E-state index contributed by atoms with van der Waals surface area (Å²) in [6, 6.07) is 0. The Morgan fingerprint density at radius 2 is 1.70 bits per heavy atom. The highest BCUT2D eigenvalue weighted by Gasteiger charge is 2.38. The summed E-state index contributed by atoms with van der Waals surface area (Å²) in [6.45, 7) is 14.0. The molecular formula is C24H42N4O10P2. The summed E-state index contributed by atoms with van der Waals surface area (Å²) in [5, 5.41) is 8.05. The average molecular weight is 609 g/mol. The number of ether oxygens (including phenoxy) is 3. The molecule has 0 N–H and O–H groups in total. The van der Waals surface area contributed by atoms with Gasteiger partial charge in [0.1, 0.15) is 6.10 Å². The number of hydrogen-bond donors (Lipinski definition) is 0. The van der Waals surface area contributed by atoms with Crippen LogP contribution in [0.2, 0.25) is 0 Å². The van der Waals surface area contributed by atoms with E-state index in [1.54, 1.807) is 41.5 Å². The van der Waals surface area contributed by atoms with Crippen LogP contribution in [0.3, 0.4) is 0 Å². The van der Waals surface area contributed by atoms with Crippen LogP contribution in [0.15, 0.2) is 6.20 Å². The maximum absolute atomic E-state index is 13.7. The summed E-state index contributed by atoms with van der Waals surface area (Å²) in [7, 11) is -5.35. The van der Waals surface area contributed by atoms with E-state index in [1.165, 1.54) is 10.9 Å². The molecule has 0 bridgehead atoms. The number of aromatic nitrogens is 3. The van der Waals surface area contributed by atoms with Crippen LogP contribution >= 0.6 is 16.1 Å². The van der Waals surface area contributed by atoms with Gasteiger partial charge in [-0.25, -0.2) is 9.35 Å². The van der Waals surface area contributed by atoms with Crippen LogP contribution < -0.4 is 5.44 Å². The molecular weight excluding hydrogens is 566 g/mol. The summed E-state index contributed by atoms with van der Waals surface area (Å²) >= 11 is 0. The molecule has 2 fully saturated rings. The van der Waals surface area contributed by atoms with Gasteiger partial charge in [0.2, 0.25) is 13.6 Å². The molecule has 3 unspecified atom stereocenters. The standard InChI is InChI=1S/C24H42N4O10P2/c1-8-10-28-11-13-35-39(28)38-18-9-12-32-19(18)14-27-15-20(25-26-27)40(31,36-16-33-21(29)23(2,3)4)37-17-34-22(30)24(5,6)7/h15,18-19H,8-14,16-17H2,1-7H3. The second-order valence-electron chi connectivity index (χ2n) is 11.5. The van der Waals surface area contributed by atoms with Crippen LogP contribution in [0.1, 0.15) is 61.3 Å². The number of hydrogen-bond acceptors (Lipinski definition) is 13. The summed E-state index contributed by atoms with van der Waals surface area (Å²) in [4.78, 5) is 24.3. The van der Waals surface area contributed by atoms with Crippen molar-refractivity contribution in [2.45, 2.75) is 80.1 Å². The molecule has 40 heavy (non-hydrogen) atoms. The van der Waals surface area contributed by atoms with Crippen molar-refractivity contribution in [1.82, 2.24) is 19.7 Å². The third-order valence-corrected chi connectivity index (χ3v) is 9.24. The molecule has 0 spiro atoms.